The molecule has 3 nitrogen and oxygen atoms in total. The molecule has 0 aromatic heterocycles. The monoisotopic (exact) mass is 385 g/mol. The molecule has 3 rings (SSSR count). The van der Waals surface area contributed by atoms with Crippen LogP contribution in [0.5, 0.6) is 0 Å². The number of carboxylic acids is 1. The van der Waals surface area contributed by atoms with Crippen LogP contribution in [-0.4, -0.2) is 11.1 Å². The van der Waals surface area contributed by atoms with E-state index in [9.17, 15) is 14.3 Å². The fourth-order valence-electron chi connectivity index (χ4n) is 2.41. The van der Waals surface area contributed by atoms with E-state index in [1.807, 2.05) is 42.5 Å². The molecule has 0 amide bonds. The van der Waals surface area contributed by atoms with Crippen LogP contribution in [0.25, 0.3) is 11.1 Å². The molecule has 120 valence electrons. The Kier molecular flexibility index (Phi) is 4.62. The third-order valence-electron chi connectivity index (χ3n) is 3.51. The Morgan fingerprint density at radius 3 is 2.38 bits per heavy atom. The fraction of sp³-hybridized carbons (Fsp3) is 0. The standard InChI is InChI=1S/C19H13BrFNO2/c20-14-5-1-3-12(9-14)13-4-2-6-16(10-13)22-18-11-15(21)7-8-17(18)19(23)24/h1-11,22H,(H,23,24). The molecule has 2 N–H and O–H groups in total. The molecule has 0 radical (unpaired) electrons. The largest absolute Gasteiger partial charge is 0.478 e. The highest BCUT2D eigenvalue weighted by molar-refractivity contribution is 9.10. The average molecular weight is 386 g/mol. The van der Waals surface area contributed by atoms with Crippen LogP contribution >= 0.6 is 15.9 Å². The van der Waals surface area contributed by atoms with Gasteiger partial charge < -0.3 is 10.4 Å². The van der Waals surface area contributed by atoms with E-state index in [0.717, 1.165) is 21.7 Å². The van der Waals surface area contributed by atoms with Crippen molar-refractivity contribution < 1.29 is 14.3 Å². The van der Waals surface area contributed by atoms with Gasteiger partial charge in [-0.3, -0.25) is 0 Å². The summed E-state index contributed by atoms with van der Waals surface area (Å²) in [5.74, 6) is -1.61. The molecule has 0 aliphatic rings. The van der Waals surface area contributed by atoms with E-state index in [0.29, 0.717) is 5.69 Å². The molecule has 0 spiro atoms. The molecule has 0 aliphatic carbocycles. The summed E-state index contributed by atoms with van der Waals surface area (Å²) in [7, 11) is 0. The number of benzene rings is 3. The molecule has 3 aromatic rings. The Labute approximate surface area is 146 Å². The summed E-state index contributed by atoms with van der Waals surface area (Å²) in [5, 5.41) is 12.2. The van der Waals surface area contributed by atoms with Gasteiger partial charge in [0.25, 0.3) is 0 Å². The van der Waals surface area contributed by atoms with E-state index in [-0.39, 0.29) is 11.3 Å². The van der Waals surface area contributed by atoms with Crippen LogP contribution in [0.2, 0.25) is 0 Å². The zero-order valence-corrected chi connectivity index (χ0v) is 14.0. The molecular weight excluding hydrogens is 373 g/mol. The molecule has 0 fully saturated rings. The van der Waals surface area contributed by atoms with Crippen LogP contribution in [0.4, 0.5) is 15.8 Å². The van der Waals surface area contributed by atoms with Crippen LogP contribution < -0.4 is 5.32 Å². The third-order valence-corrected chi connectivity index (χ3v) is 4.00. The van der Waals surface area contributed by atoms with E-state index in [1.54, 1.807) is 6.07 Å². The maximum atomic E-state index is 13.5. The van der Waals surface area contributed by atoms with Gasteiger partial charge in [-0.25, -0.2) is 9.18 Å². The summed E-state index contributed by atoms with van der Waals surface area (Å²) < 4.78 is 14.4. The zero-order valence-electron chi connectivity index (χ0n) is 12.5. The summed E-state index contributed by atoms with van der Waals surface area (Å²) >= 11 is 3.44. The van der Waals surface area contributed by atoms with Gasteiger partial charge >= 0.3 is 5.97 Å². The summed E-state index contributed by atoms with van der Waals surface area (Å²) in [6.07, 6.45) is 0. The third kappa shape index (κ3) is 3.63. The normalized spacial score (nSPS) is 10.4. The molecule has 0 heterocycles. The first-order valence-corrected chi connectivity index (χ1v) is 7.98. The Hall–Kier alpha value is -2.66. The highest BCUT2D eigenvalue weighted by atomic mass is 79.9. The molecule has 5 heteroatoms. The lowest BCUT2D eigenvalue weighted by Gasteiger charge is -2.11. The van der Waals surface area contributed by atoms with Crippen LogP contribution in [0.15, 0.2) is 71.2 Å². The number of carboxylic acid groups (broad SMARTS) is 1. The topological polar surface area (TPSA) is 49.3 Å². The molecule has 24 heavy (non-hydrogen) atoms. The number of carbonyl (C=O) groups is 1. The second-order valence-corrected chi connectivity index (χ2v) is 6.13. The van der Waals surface area contributed by atoms with Crippen LogP contribution in [0.3, 0.4) is 0 Å². The first-order chi connectivity index (χ1) is 11.5. The number of nitrogens with one attached hydrogen (secondary N) is 1. The predicted octanol–water partition coefficient (Wildman–Crippen LogP) is 5.70. The lowest BCUT2D eigenvalue weighted by atomic mass is 10.0. The van der Waals surface area contributed by atoms with Crippen molar-refractivity contribution in [2.75, 3.05) is 5.32 Å². The molecule has 0 aliphatic heterocycles. The van der Waals surface area contributed by atoms with Gasteiger partial charge in [0.15, 0.2) is 0 Å². The maximum absolute atomic E-state index is 13.5. The minimum atomic E-state index is -1.11. The van der Waals surface area contributed by atoms with Crippen molar-refractivity contribution in [3.8, 4) is 11.1 Å². The number of halogens is 2. The van der Waals surface area contributed by atoms with Crippen molar-refractivity contribution in [3.05, 3.63) is 82.6 Å². The molecule has 0 bridgehead atoms. The molecule has 0 atom stereocenters. The first-order valence-electron chi connectivity index (χ1n) is 7.19. The highest BCUT2D eigenvalue weighted by Crippen LogP contribution is 2.28. The van der Waals surface area contributed by atoms with Gasteiger partial charge in [0, 0.05) is 10.2 Å². The Bertz CT molecular complexity index is 911. The lowest BCUT2D eigenvalue weighted by molar-refractivity contribution is 0.0698. The zero-order chi connectivity index (χ0) is 17.1. The number of hydrogen-bond donors (Lipinski definition) is 2. The highest BCUT2D eigenvalue weighted by Gasteiger charge is 2.11. The van der Waals surface area contributed by atoms with Gasteiger partial charge in [-0.2, -0.15) is 0 Å². The number of anilines is 2. The second-order valence-electron chi connectivity index (χ2n) is 5.21. The molecule has 0 saturated carbocycles. The Morgan fingerprint density at radius 2 is 1.67 bits per heavy atom. The van der Waals surface area contributed by atoms with E-state index in [1.165, 1.54) is 12.1 Å². The van der Waals surface area contributed by atoms with Crippen molar-refractivity contribution in [1.82, 2.24) is 0 Å². The quantitative estimate of drug-likeness (QED) is 0.605. The van der Waals surface area contributed by atoms with Crippen LogP contribution in [-0.2, 0) is 0 Å². The number of hydrogen-bond acceptors (Lipinski definition) is 2. The van der Waals surface area contributed by atoms with Crippen molar-refractivity contribution in [1.29, 1.82) is 0 Å². The Balaban J connectivity index is 1.96. The summed E-state index contributed by atoms with van der Waals surface area (Å²) in [5.41, 5.74) is 2.90. The minimum Gasteiger partial charge on any atom is -0.478 e. The van der Waals surface area contributed by atoms with E-state index in [4.69, 9.17) is 0 Å². The Morgan fingerprint density at radius 1 is 0.958 bits per heavy atom. The van der Waals surface area contributed by atoms with Crippen molar-refractivity contribution >= 4 is 33.3 Å². The minimum absolute atomic E-state index is 0.0178. The molecule has 0 saturated heterocycles. The van der Waals surface area contributed by atoms with Crippen molar-refractivity contribution in [2.24, 2.45) is 0 Å². The van der Waals surface area contributed by atoms with E-state index < -0.39 is 11.8 Å². The van der Waals surface area contributed by atoms with Gasteiger partial charge in [0.05, 0.1) is 11.3 Å². The van der Waals surface area contributed by atoms with Gasteiger partial charge in [-0.15, -0.1) is 0 Å². The van der Waals surface area contributed by atoms with Gasteiger partial charge in [-0.1, -0.05) is 40.2 Å². The summed E-state index contributed by atoms with van der Waals surface area (Å²) in [4.78, 5) is 11.3. The SMILES string of the molecule is O=C(O)c1ccc(F)cc1Nc1cccc(-c2cccc(Br)c2)c1. The molecular formula is C19H13BrFNO2. The summed E-state index contributed by atoms with van der Waals surface area (Å²) in [6.45, 7) is 0. The molecule has 0 unspecified atom stereocenters. The van der Waals surface area contributed by atoms with Crippen LogP contribution in [0.1, 0.15) is 10.4 Å². The smallest absolute Gasteiger partial charge is 0.337 e. The predicted molar refractivity (Wildman–Crippen MR) is 96.2 cm³/mol. The van der Waals surface area contributed by atoms with Crippen molar-refractivity contribution in [3.63, 3.8) is 0 Å². The van der Waals surface area contributed by atoms with E-state index >= 15 is 0 Å². The van der Waals surface area contributed by atoms with Gasteiger partial charge in [0.1, 0.15) is 5.82 Å². The number of aromatic carboxylic acids is 1. The average Bonchev–Trinajstić information content (AvgIpc) is 2.55. The van der Waals surface area contributed by atoms with Crippen LogP contribution in [0, 0.1) is 5.82 Å². The summed E-state index contributed by atoms with van der Waals surface area (Å²) in [6, 6.07) is 18.9. The van der Waals surface area contributed by atoms with Crippen molar-refractivity contribution in [2.45, 2.75) is 0 Å². The van der Waals surface area contributed by atoms with Gasteiger partial charge in [-0.05, 0) is 53.6 Å². The second kappa shape index (κ2) is 6.84. The maximum Gasteiger partial charge on any atom is 0.337 e. The first kappa shape index (κ1) is 16.2. The fourth-order valence-corrected chi connectivity index (χ4v) is 2.81. The van der Waals surface area contributed by atoms with E-state index in [2.05, 4.69) is 21.2 Å². The molecule has 3 aromatic carbocycles. The van der Waals surface area contributed by atoms with Gasteiger partial charge in [0.2, 0.25) is 0 Å². The lowest BCUT2D eigenvalue weighted by Crippen LogP contribution is -2.03. The number of rotatable bonds is 4.